The van der Waals surface area contributed by atoms with Crippen molar-refractivity contribution in [1.82, 2.24) is 10.2 Å². The van der Waals surface area contributed by atoms with Crippen LogP contribution in [0.4, 0.5) is 0 Å². The van der Waals surface area contributed by atoms with E-state index >= 15 is 0 Å². The first-order valence-corrected chi connectivity index (χ1v) is 8.46. The van der Waals surface area contributed by atoms with E-state index in [1.165, 1.54) is 10.4 Å². The third kappa shape index (κ3) is 2.44. The Morgan fingerprint density at radius 2 is 2.33 bits per heavy atom. The molecule has 1 N–H and O–H groups in total. The van der Waals surface area contributed by atoms with E-state index in [2.05, 4.69) is 16.8 Å². The van der Waals surface area contributed by atoms with E-state index in [9.17, 15) is 4.79 Å². The highest BCUT2D eigenvalue weighted by Gasteiger charge is 2.31. The number of amides is 1. The van der Waals surface area contributed by atoms with Gasteiger partial charge in [0.15, 0.2) is 0 Å². The highest BCUT2D eigenvalue weighted by molar-refractivity contribution is 8.00. The second-order valence-electron chi connectivity index (χ2n) is 4.73. The van der Waals surface area contributed by atoms with Gasteiger partial charge in [0.05, 0.1) is 0 Å². The average Bonchev–Trinajstić information content (AvgIpc) is 2.71. The molecule has 5 heteroatoms. The van der Waals surface area contributed by atoms with Crippen LogP contribution in [0.1, 0.15) is 22.1 Å². The number of nitrogens with zero attached hydrogens (tertiary/aromatic N) is 1. The summed E-state index contributed by atoms with van der Waals surface area (Å²) < 4.78 is 0. The van der Waals surface area contributed by atoms with E-state index in [1.54, 1.807) is 11.3 Å². The second kappa shape index (κ2) is 5.63. The number of thiophene rings is 1. The van der Waals surface area contributed by atoms with Gasteiger partial charge < -0.3 is 10.2 Å². The maximum absolute atomic E-state index is 12.6. The van der Waals surface area contributed by atoms with E-state index in [4.69, 9.17) is 0 Å². The van der Waals surface area contributed by atoms with Gasteiger partial charge in [0.1, 0.15) is 5.25 Å². The predicted molar refractivity (Wildman–Crippen MR) is 77.3 cm³/mol. The zero-order chi connectivity index (χ0) is 12.4. The molecule has 18 heavy (non-hydrogen) atoms. The van der Waals surface area contributed by atoms with Gasteiger partial charge in [0.2, 0.25) is 5.91 Å². The average molecular weight is 282 g/mol. The van der Waals surface area contributed by atoms with Crippen molar-refractivity contribution in [2.75, 3.05) is 31.9 Å². The molecular weight excluding hydrogens is 264 g/mol. The smallest absolute Gasteiger partial charge is 0.240 e. The molecule has 0 radical (unpaired) electrons. The Labute approximate surface area is 116 Å². The first kappa shape index (κ1) is 12.5. The van der Waals surface area contributed by atoms with Crippen LogP contribution in [0, 0.1) is 0 Å². The Hall–Kier alpha value is -0.520. The molecular formula is C13H18N2OS2. The van der Waals surface area contributed by atoms with Crippen molar-refractivity contribution in [1.29, 1.82) is 0 Å². The molecule has 1 aromatic heterocycles. The van der Waals surface area contributed by atoms with E-state index in [1.807, 2.05) is 16.7 Å². The van der Waals surface area contributed by atoms with Gasteiger partial charge in [-0.05, 0) is 42.1 Å². The third-order valence-corrected chi connectivity index (χ3v) is 5.78. The predicted octanol–water partition coefficient (Wildman–Crippen LogP) is 1.90. The lowest BCUT2D eigenvalue weighted by atomic mass is 10.1. The molecule has 0 spiro atoms. The number of rotatable bonds is 1. The van der Waals surface area contributed by atoms with Crippen LogP contribution in [0.15, 0.2) is 11.4 Å². The molecule has 1 saturated heterocycles. The van der Waals surface area contributed by atoms with Crippen LogP contribution in [-0.4, -0.2) is 42.7 Å². The Balaban J connectivity index is 1.77. The van der Waals surface area contributed by atoms with Crippen molar-refractivity contribution in [2.24, 2.45) is 0 Å². The molecule has 0 aromatic carbocycles. The summed E-state index contributed by atoms with van der Waals surface area (Å²) in [4.78, 5) is 16.1. The second-order valence-corrected chi connectivity index (χ2v) is 6.94. The van der Waals surface area contributed by atoms with Crippen LogP contribution in [0.25, 0.3) is 0 Å². The molecule has 1 atom stereocenters. The number of fused-ring (bicyclic) bond motifs is 1. The summed E-state index contributed by atoms with van der Waals surface area (Å²) >= 11 is 3.62. The zero-order valence-electron chi connectivity index (χ0n) is 10.4. The minimum Gasteiger partial charge on any atom is -0.340 e. The topological polar surface area (TPSA) is 32.3 Å². The fraction of sp³-hybridized carbons (Fsp3) is 0.615. The van der Waals surface area contributed by atoms with E-state index in [-0.39, 0.29) is 5.25 Å². The van der Waals surface area contributed by atoms with Crippen molar-refractivity contribution in [2.45, 2.75) is 18.1 Å². The molecule has 3 heterocycles. The molecule has 98 valence electrons. The Morgan fingerprint density at radius 1 is 1.39 bits per heavy atom. The monoisotopic (exact) mass is 282 g/mol. The zero-order valence-corrected chi connectivity index (χ0v) is 12.0. The van der Waals surface area contributed by atoms with Crippen molar-refractivity contribution in [3.8, 4) is 0 Å². The summed E-state index contributed by atoms with van der Waals surface area (Å²) in [6.45, 7) is 3.72. The summed E-state index contributed by atoms with van der Waals surface area (Å²) in [5.41, 5.74) is 1.28. The Morgan fingerprint density at radius 3 is 3.28 bits per heavy atom. The third-order valence-electron chi connectivity index (χ3n) is 3.55. The maximum atomic E-state index is 12.6. The van der Waals surface area contributed by atoms with Gasteiger partial charge in [-0.2, -0.15) is 0 Å². The van der Waals surface area contributed by atoms with Gasteiger partial charge in [0.25, 0.3) is 0 Å². The highest BCUT2D eigenvalue weighted by Crippen LogP contribution is 2.40. The summed E-state index contributed by atoms with van der Waals surface area (Å²) in [6, 6.07) is 2.14. The van der Waals surface area contributed by atoms with Crippen molar-refractivity contribution in [3.05, 3.63) is 21.9 Å². The summed E-state index contributed by atoms with van der Waals surface area (Å²) in [7, 11) is 0. The van der Waals surface area contributed by atoms with E-state index in [0.717, 1.165) is 44.8 Å². The number of hydrogen-bond acceptors (Lipinski definition) is 4. The molecule has 0 aliphatic carbocycles. The molecule has 1 unspecified atom stereocenters. The molecule has 1 aromatic rings. The lowest BCUT2D eigenvalue weighted by molar-refractivity contribution is -0.130. The minimum absolute atomic E-state index is 0.0538. The number of aryl methyl sites for hydroxylation is 1. The number of carbonyl (C=O) groups is 1. The van der Waals surface area contributed by atoms with Crippen LogP contribution in [0.2, 0.25) is 0 Å². The lowest BCUT2D eigenvalue weighted by Crippen LogP contribution is -2.37. The van der Waals surface area contributed by atoms with Crippen LogP contribution in [0.5, 0.6) is 0 Å². The highest BCUT2D eigenvalue weighted by atomic mass is 32.2. The molecule has 2 aliphatic rings. The normalized spacial score (nSPS) is 24.4. The van der Waals surface area contributed by atoms with Crippen LogP contribution >= 0.6 is 23.1 Å². The molecule has 3 nitrogen and oxygen atoms in total. The fourth-order valence-corrected chi connectivity index (χ4v) is 4.96. The molecule has 1 amide bonds. The van der Waals surface area contributed by atoms with Gasteiger partial charge in [-0.3, -0.25) is 4.79 Å². The number of carbonyl (C=O) groups excluding carboxylic acids is 1. The molecule has 0 bridgehead atoms. The van der Waals surface area contributed by atoms with Gasteiger partial charge in [-0.25, -0.2) is 0 Å². The van der Waals surface area contributed by atoms with Crippen LogP contribution < -0.4 is 5.32 Å². The van der Waals surface area contributed by atoms with Gasteiger partial charge >= 0.3 is 0 Å². The van der Waals surface area contributed by atoms with Crippen molar-refractivity contribution in [3.63, 3.8) is 0 Å². The Kier molecular flexibility index (Phi) is 3.91. The summed E-state index contributed by atoms with van der Waals surface area (Å²) in [6.07, 6.45) is 2.20. The number of nitrogens with one attached hydrogen (secondary N) is 1. The SMILES string of the molecule is O=C(C1SCCc2sccc21)N1CCCNCC1. The van der Waals surface area contributed by atoms with Gasteiger partial charge in [0, 0.05) is 24.5 Å². The quantitative estimate of drug-likeness (QED) is 0.854. The Bertz CT molecular complexity index is 424. The molecule has 3 rings (SSSR count). The van der Waals surface area contributed by atoms with E-state index < -0.39 is 0 Å². The molecule has 0 saturated carbocycles. The first-order chi connectivity index (χ1) is 8.86. The van der Waals surface area contributed by atoms with Crippen LogP contribution in [0.3, 0.4) is 0 Å². The molecule has 2 aliphatic heterocycles. The van der Waals surface area contributed by atoms with Gasteiger partial charge in [-0.1, -0.05) is 0 Å². The van der Waals surface area contributed by atoms with Crippen molar-refractivity contribution >= 4 is 29.0 Å². The fourth-order valence-electron chi connectivity index (χ4n) is 2.58. The van der Waals surface area contributed by atoms with Crippen molar-refractivity contribution < 1.29 is 4.79 Å². The molecule has 1 fully saturated rings. The number of hydrogen-bond donors (Lipinski definition) is 1. The number of thioether (sulfide) groups is 1. The summed E-state index contributed by atoms with van der Waals surface area (Å²) in [5, 5.41) is 5.53. The minimum atomic E-state index is 0.0538. The van der Waals surface area contributed by atoms with E-state index in [0.29, 0.717) is 5.91 Å². The van der Waals surface area contributed by atoms with Crippen LogP contribution in [-0.2, 0) is 11.2 Å². The maximum Gasteiger partial charge on any atom is 0.240 e. The summed E-state index contributed by atoms with van der Waals surface area (Å²) in [5.74, 6) is 1.40. The lowest BCUT2D eigenvalue weighted by Gasteiger charge is -2.28. The van der Waals surface area contributed by atoms with Gasteiger partial charge in [-0.15, -0.1) is 23.1 Å². The largest absolute Gasteiger partial charge is 0.340 e. The first-order valence-electron chi connectivity index (χ1n) is 6.53. The standard InChI is InChI=1S/C13H18N2OS2/c16-13(15-6-1-4-14-5-7-15)12-10-2-8-17-11(10)3-9-18-12/h2,8,12,14H,1,3-7,9H2.